The summed E-state index contributed by atoms with van der Waals surface area (Å²) in [7, 11) is 0. The third-order valence-corrected chi connectivity index (χ3v) is 2.50. The van der Waals surface area contributed by atoms with Gasteiger partial charge in [0.2, 0.25) is 0 Å². The van der Waals surface area contributed by atoms with Gasteiger partial charge in [-0.3, -0.25) is 9.69 Å². The van der Waals surface area contributed by atoms with E-state index in [2.05, 4.69) is 25.3 Å². The molecule has 0 aromatic rings. The van der Waals surface area contributed by atoms with Crippen LogP contribution in [0.4, 0.5) is 0 Å². The molecule has 0 radical (unpaired) electrons. The van der Waals surface area contributed by atoms with Crippen LogP contribution < -0.4 is 5.73 Å². The molecule has 0 saturated carbocycles. The van der Waals surface area contributed by atoms with Crippen LogP contribution in [0, 0.1) is 0 Å². The zero-order chi connectivity index (χ0) is 12.8. The zero-order valence-corrected chi connectivity index (χ0v) is 10.5. The van der Waals surface area contributed by atoms with Crippen molar-refractivity contribution in [3.8, 4) is 0 Å². The van der Waals surface area contributed by atoms with Crippen LogP contribution in [0.2, 0.25) is 0 Å². The minimum atomic E-state index is -1.91. The molecule has 4 N–H and O–H groups in total. The number of hydrogen-bond acceptors (Lipinski definition) is 6. The molecule has 1 atom stereocenters. The number of aliphatic carboxylic acids is 2. The lowest BCUT2D eigenvalue weighted by atomic mass is 10.1. The number of carboxylic acid groups (broad SMARTS) is 2. The Hall–Kier alpha value is -0.440. The van der Waals surface area contributed by atoms with Gasteiger partial charge in [-0.15, -0.1) is 0 Å². The summed E-state index contributed by atoms with van der Waals surface area (Å²) in [5.74, 6) is -1.84. The maximum Gasteiger partial charge on any atom is 0.339 e. The second kappa shape index (κ2) is 7.00. The van der Waals surface area contributed by atoms with Crippen LogP contribution in [0.15, 0.2) is 0 Å². The summed E-state index contributed by atoms with van der Waals surface area (Å²) in [6.07, 6.45) is -0.663. The predicted molar refractivity (Wildman–Crippen MR) is 66.1 cm³/mol. The highest BCUT2D eigenvalue weighted by atomic mass is 32.1. The normalized spacial score (nSPS) is 14.8. The molecule has 0 rings (SSSR count). The van der Waals surface area contributed by atoms with Gasteiger partial charge < -0.3 is 15.9 Å². The van der Waals surface area contributed by atoms with Gasteiger partial charge in [-0.1, -0.05) is 0 Å². The molecule has 0 saturated heterocycles. The fourth-order valence-corrected chi connectivity index (χ4v) is 1.79. The van der Waals surface area contributed by atoms with Crippen molar-refractivity contribution in [2.45, 2.75) is 12.1 Å². The van der Waals surface area contributed by atoms with Gasteiger partial charge in [0.05, 0.1) is 6.42 Å². The summed E-state index contributed by atoms with van der Waals surface area (Å²) in [5.41, 5.74) is 3.73. The first-order chi connectivity index (χ1) is 7.38. The topological polar surface area (TPSA) is 104 Å². The lowest BCUT2D eigenvalue weighted by Gasteiger charge is -2.35. The Morgan fingerprint density at radius 2 is 1.62 bits per heavy atom. The Balaban J connectivity index is 4.94. The van der Waals surface area contributed by atoms with Crippen LogP contribution in [0.1, 0.15) is 6.42 Å². The molecule has 0 aromatic heterocycles. The minimum Gasteiger partial charge on any atom is -0.481 e. The molecular weight excluding hydrogens is 252 g/mol. The molecule has 0 aliphatic rings. The van der Waals surface area contributed by atoms with E-state index in [1.807, 2.05) is 0 Å². The Kier molecular flexibility index (Phi) is 6.81. The van der Waals surface area contributed by atoms with Crippen molar-refractivity contribution in [2.24, 2.45) is 5.73 Å². The first kappa shape index (κ1) is 15.6. The van der Waals surface area contributed by atoms with Gasteiger partial charge in [0, 0.05) is 24.6 Å². The third kappa shape index (κ3) is 4.20. The largest absolute Gasteiger partial charge is 0.481 e. The molecule has 94 valence electrons. The standard InChI is InChI=1S/C8H16N2O4S2/c9-8(7(13)14,5-6(11)12)10(1-3-15)2-4-16/h15-16H,1-5,9H2,(H,11,12)(H,13,14). The molecule has 1 unspecified atom stereocenters. The van der Waals surface area contributed by atoms with Gasteiger partial charge >= 0.3 is 11.9 Å². The molecule has 0 heterocycles. The van der Waals surface area contributed by atoms with E-state index in [0.29, 0.717) is 24.6 Å². The smallest absolute Gasteiger partial charge is 0.339 e. The molecule has 0 aliphatic carbocycles. The number of nitrogens with zero attached hydrogens (tertiary/aromatic N) is 1. The Bertz CT molecular complexity index is 258. The summed E-state index contributed by atoms with van der Waals surface area (Å²) in [4.78, 5) is 23.1. The Morgan fingerprint density at radius 3 is 1.88 bits per heavy atom. The maximum atomic E-state index is 11.1. The van der Waals surface area contributed by atoms with Crippen molar-refractivity contribution in [1.82, 2.24) is 4.90 Å². The molecule has 8 heteroatoms. The quantitative estimate of drug-likeness (QED) is 0.296. The summed E-state index contributed by atoms with van der Waals surface area (Å²) < 4.78 is 0. The van der Waals surface area contributed by atoms with E-state index in [1.165, 1.54) is 4.90 Å². The molecule has 16 heavy (non-hydrogen) atoms. The van der Waals surface area contributed by atoms with Gasteiger partial charge in [-0.05, 0) is 0 Å². The fraction of sp³-hybridized carbons (Fsp3) is 0.750. The van der Waals surface area contributed by atoms with E-state index in [9.17, 15) is 9.59 Å². The number of carbonyl (C=O) groups is 2. The lowest BCUT2D eigenvalue weighted by Crippen LogP contribution is -2.63. The predicted octanol–water partition coefficient (Wildman–Crippen LogP) is -0.638. The number of carboxylic acids is 2. The molecule has 0 fully saturated rings. The third-order valence-electron chi connectivity index (χ3n) is 2.10. The van der Waals surface area contributed by atoms with Crippen LogP contribution in [0.3, 0.4) is 0 Å². The van der Waals surface area contributed by atoms with Gasteiger partial charge in [0.1, 0.15) is 0 Å². The average Bonchev–Trinajstić information content (AvgIpc) is 2.16. The van der Waals surface area contributed by atoms with Crippen LogP contribution in [0.5, 0.6) is 0 Å². The van der Waals surface area contributed by atoms with E-state index >= 15 is 0 Å². The Morgan fingerprint density at radius 1 is 1.19 bits per heavy atom. The van der Waals surface area contributed by atoms with E-state index in [0.717, 1.165) is 0 Å². The molecule has 0 amide bonds. The van der Waals surface area contributed by atoms with Gasteiger partial charge in [0.25, 0.3) is 0 Å². The zero-order valence-electron chi connectivity index (χ0n) is 8.67. The van der Waals surface area contributed by atoms with E-state index in [1.54, 1.807) is 0 Å². The summed E-state index contributed by atoms with van der Waals surface area (Å²) in [6.45, 7) is 0.583. The van der Waals surface area contributed by atoms with Gasteiger partial charge in [-0.2, -0.15) is 25.3 Å². The van der Waals surface area contributed by atoms with E-state index < -0.39 is 24.0 Å². The van der Waals surface area contributed by atoms with Crippen LogP contribution in [0.25, 0.3) is 0 Å². The van der Waals surface area contributed by atoms with Gasteiger partial charge in [0.15, 0.2) is 5.66 Å². The maximum absolute atomic E-state index is 11.1. The van der Waals surface area contributed by atoms with Crippen LogP contribution in [-0.4, -0.2) is 57.3 Å². The highest BCUT2D eigenvalue weighted by Crippen LogP contribution is 2.14. The SMILES string of the molecule is NC(CC(=O)O)(C(=O)O)N(CCS)CCS. The first-order valence-electron chi connectivity index (χ1n) is 4.59. The van der Waals surface area contributed by atoms with E-state index in [-0.39, 0.29) is 0 Å². The number of thiol groups is 2. The Labute approximate surface area is 105 Å². The van der Waals surface area contributed by atoms with Gasteiger partial charge in [-0.25, -0.2) is 4.79 Å². The summed E-state index contributed by atoms with van der Waals surface area (Å²) in [5, 5.41) is 17.7. The molecule has 0 aliphatic heterocycles. The first-order valence-corrected chi connectivity index (χ1v) is 5.85. The van der Waals surface area contributed by atoms with Crippen molar-refractivity contribution < 1.29 is 19.8 Å². The van der Waals surface area contributed by atoms with Crippen molar-refractivity contribution in [3.05, 3.63) is 0 Å². The number of hydrogen-bond donors (Lipinski definition) is 5. The highest BCUT2D eigenvalue weighted by molar-refractivity contribution is 7.80. The molecule has 6 nitrogen and oxygen atoms in total. The monoisotopic (exact) mass is 268 g/mol. The fourth-order valence-electron chi connectivity index (χ4n) is 1.31. The summed E-state index contributed by atoms with van der Waals surface area (Å²) in [6, 6.07) is 0. The molecule has 0 bridgehead atoms. The van der Waals surface area contributed by atoms with Crippen molar-refractivity contribution in [1.29, 1.82) is 0 Å². The summed E-state index contributed by atoms with van der Waals surface area (Å²) >= 11 is 7.96. The van der Waals surface area contributed by atoms with Crippen LogP contribution >= 0.6 is 25.3 Å². The second-order valence-corrected chi connectivity index (χ2v) is 4.13. The second-order valence-electron chi connectivity index (χ2n) is 3.23. The highest BCUT2D eigenvalue weighted by Gasteiger charge is 2.41. The lowest BCUT2D eigenvalue weighted by molar-refractivity contribution is -0.158. The number of rotatable bonds is 8. The van der Waals surface area contributed by atoms with Crippen molar-refractivity contribution in [3.63, 3.8) is 0 Å². The minimum absolute atomic E-state index is 0.291. The van der Waals surface area contributed by atoms with Crippen molar-refractivity contribution in [2.75, 3.05) is 24.6 Å². The van der Waals surface area contributed by atoms with E-state index in [4.69, 9.17) is 15.9 Å². The molecular formula is C8H16N2O4S2. The van der Waals surface area contributed by atoms with Crippen LogP contribution in [-0.2, 0) is 9.59 Å². The molecule has 0 aromatic carbocycles. The van der Waals surface area contributed by atoms with Crippen molar-refractivity contribution >= 4 is 37.2 Å². The molecule has 0 spiro atoms. The average molecular weight is 268 g/mol. The number of nitrogens with two attached hydrogens (primary N) is 1.